The number of carbonyl (C=O) groups is 2. The van der Waals surface area contributed by atoms with Crippen LogP contribution in [-0.4, -0.2) is 40.0 Å². The van der Waals surface area contributed by atoms with Gasteiger partial charge in [0.05, 0.1) is 39.6 Å². The van der Waals surface area contributed by atoms with Gasteiger partial charge in [0.25, 0.3) is 0 Å². The monoisotopic (exact) mass is 328 g/mol. The van der Waals surface area contributed by atoms with Crippen molar-refractivity contribution in [1.29, 1.82) is 0 Å². The minimum absolute atomic E-state index is 0.121. The second-order valence-corrected chi connectivity index (χ2v) is 5.09. The molecule has 0 atom stereocenters. The number of rotatable bonds is 4. The van der Waals surface area contributed by atoms with Gasteiger partial charge in [0.15, 0.2) is 23.1 Å². The van der Waals surface area contributed by atoms with Crippen LogP contribution in [0, 0.1) is 0 Å². The molecule has 2 aromatic carbocycles. The predicted octanol–water partition coefficient (Wildman–Crippen LogP) is 2.50. The molecule has 0 spiro atoms. The molecule has 0 aromatic heterocycles. The molecule has 0 N–H and O–H groups in total. The average molecular weight is 328 g/mol. The van der Waals surface area contributed by atoms with Crippen LogP contribution in [0.3, 0.4) is 0 Å². The van der Waals surface area contributed by atoms with E-state index in [1.165, 1.54) is 28.4 Å². The molecule has 3 rings (SSSR count). The molecule has 0 unspecified atom stereocenters. The Morgan fingerprint density at radius 2 is 0.917 bits per heavy atom. The summed E-state index contributed by atoms with van der Waals surface area (Å²) < 4.78 is 21.4. The zero-order valence-electron chi connectivity index (χ0n) is 13.8. The van der Waals surface area contributed by atoms with Crippen molar-refractivity contribution in [2.75, 3.05) is 28.4 Å². The Morgan fingerprint density at radius 3 is 1.21 bits per heavy atom. The van der Waals surface area contributed by atoms with E-state index in [9.17, 15) is 9.59 Å². The van der Waals surface area contributed by atoms with E-state index in [-0.39, 0.29) is 45.7 Å². The summed E-state index contributed by atoms with van der Waals surface area (Å²) in [5.74, 6) is 0.0656. The predicted molar refractivity (Wildman–Crippen MR) is 86.0 cm³/mol. The van der Waals surface area contributed by atoms with Crippen LogP contribution < -0.4 is 18.9 Å². The first-order valence-electron chi connectivity index (χ1n) is 7.19. The summed E-state index contributed by atoms with van der Waals surface area (Å²) in [6, 6.07) is 6.64. The Kier molecular flexibility index (Phi) is 3.89. The molecule has 1 aliphatic carbocycles. The number of hydrogen-bond acceptors (Lipinski definition) is 6. The number of ketones is 2. The SMILES string of the molecule is COc1c(OC)c(OC)c2c(c1OC)C(=O)c1ccccc1C2=O. The van der Waals surface area contributed by atoms with E-state index >= 15 is 0 Å². The summed E-state index contributed by atoms with van der Waals surface area (Å²) in [6.45, 7) is 0. The Bertz CT molecular complexity index is 783. The van der Waals surface area contributed by atoms with Gasteiger partial charge in [-0.25, -0.2) is 0 Å². The molecule has 0 fully saturated rings. The maximum absolute atomic E-state index is 13.0. The molecule has 0 heterocycles. The first-order valence-corrected chi connectivity index (χ1v) is 7.19. The molecule has 24 heavy (non-hydrogen) atoms. The van der Waals surface area contributed by atoms with Crippen LogP contribution in [0.5, 0.6) is 23.0 Å². The van der Waals surface area contributed by atoms with Crippen molar-refractivity contribution in [3.63, 3.8) is 0 Å². The standard InChI is InChI=1S/C18H16O6/c1-21-15-11-12(16(22-2)18(24-4)17(15)23-3)14(20)10-8-6-5-7-9(10)13(11)19/h5-8H,1-4H3. The van der Waals surface area contributed by atoms with E-state index < -0.39 is 0 Å². The molecule has 0 saturated heterocycles. The van der Waals surface area contributed by atoms with Gasteiger partial charge < -0.3 is 18.9 Å². The largest absolute Gasteiger partial charge is 0.492 e. The van der Waals surface area contributed by atoms with E-state index in [4.69, 9.17) is 18.9 Å². The number of carbonyl (C=O) groups excluding carboxylic acids is 2. The van der Waals surface area contributed by atoms with Crippen molar-refractivity contribution >= 4 is 11.6 Å². The van der Waals surface area contributed by atoms with E-state index in [0.717, 1.165) is 0 Å². The third-order valence-corrected chi connectivity index (χ3v) is 4.01. The molecule has 0 aliphatic heterocycles. The third kappa shape index (κ3) is 1.96. The molecular formula is C18H16O6. The van der Waals surface area contributed by atoms with Crippen molar-refractivity contribution in [1.82, 2.24) is 0 Å². The lowest BCUT2D eigenvalue weighted by atomic mass is 9.82. The molecular weight excluding hydrogens is 312 g/mol. The number of fused-ring (bicyclic) bond motifs is 2. The molecule has 6 heteroatoms. The lowest BCUT2D eigenvalue weighted by Gasteiger charge is -2.25. The van der Waals surface area contributed by atoms with Crippen LogP contribution in [0.1, 0.15) is 31.8 Å². The number of methoxy groups -OCH3 is 4. The number of benzene rings is 2. The van der Waals surface area contributed by atoms with Gasteiger partial charge in [-0.1, -0.05) is 24.3 Å². The topological polar surface area (TPSA) is 71.1 Å². The van der Waals surface area contributed by atoms with Crippen molar-refractivity contribution < 1.29 is 28.5 Å². The van der Waals surface area contributed by atoms with Crippen LogP contribution in [0.4, 0.5) is 0 Å². The summed E-state index contributed by atoms with van der Waals surface area (Å²) in [5.41, 5.74) is 0.886. The molecule has 0 amide bonds. The van der Waals surface area contributed by atoms with E-state index in [0.29, 0.717) is 11.1 Å². The Morgan fingerprint density at radius 1 is 0.583 bits per heavy atom. The zero-order valence-corrected chi connectivity index (χ0v) is 13.8. The highest BCUT2D eigenvalue weighted by Gasteiger charge is 2.39. The molecule has 6 nitrogen and oxygen atoms in total. The quantitative estimate of drug-likeness (QED) is 0.733. The van der Waals surface area contributed by atoms with Gasteiger partial charge in [-0.2, -0.15) is 0 Å². The van der Waals surface area contributed by atoms with Gasteiger partial charge in [-0.3, -0.25) is 9.59 Å². The maximum atomic E-state index is 13.0. The van der Waals surface area contributed by atoms with Crippen molar-refractivity contribution in [3.8, 4) is 23.0 Å². The summed E-state index contributed by atoms with van der Waals surface area (Å²) in [7, 11) is 5.66. The fourth-order valence-electron chi connectivity index (χ4n) is 3.00. The smallest absolute Gasteiger partial charge is 0.208 e. The minimum atomic E-state index is -0.323. The summed E-state index contributed by atoms with van der Waals surface area (Å²) >= 11 is 0. The van der Waals surface area contributed by atoms with Crippen molar-refractivity contribution in [3.05, 3.63) is 46.5 Å². The highest BCUT2D eigenvalue weighted by Crippen LogP contribution is 2.52. The highest BCUT2D eigenvalue weighted by molar-refractivity contribution is 6.31. The molecule has 1 aliphatic rings. The second kappa shape index (κ2) is 5.88. The third-order valence-electron chi connectivity index (χ3n) is 4.01. The highest BCUT2D eigenvalue weighted by atomic mass is 16.5. The van der Waals surface area contributed by atoms with Crippen LogP contribution >= 0.6 is 0 Å². The van der Waals surface area contributed by atoms with Gasteiger partial charge >= 0.3 is 0 Å². The Labute approximate surface area is 138 Å². The van der Waals surface area contributed by atoms with Crippen molar-refractivity contribution in [2.24, 2.45) is 0 Å². The Hall–Kier alpha value is -3.02. The maximum Gasteiger partial charge on any atom is 0.208 e. The van der Waals surface area contributed by atoms with Gasteiger partial charge in [-0.05, 0) is 0 Å². The van der Waals surface area contributed by atoms with E-state index in [1.807, 2.05) is 0 Å². The van der Waals surface area contributed by atoms with Gasteiger partial charge in [0.1, 0.15) is 0 Å². The number of hydrogen-bond donors (Lipinski definition) is 0. The molecule has 2 aromatic rings. The summed E-state index contributed by atoms with van der Waals surface area (Å²) in [5, 5.41) is 0. The molecule has 0 saturated carbocycles. The zero-order chi connectivity index (χ0) is 17.4. The fraction of sp³-hybridized carbons (Fsp3) is 0.222. The first kappa shape index (κ1) is 15.9. The summed E-state index contributed by atoms with van der Waals surface area (Å²) in [6.07, 6.45) is 0. The second-order valence-electron chi connectivity index (χ2n) is 5.09. The normalized spacial score (nSPS) is 12.3. The lowest BCUT2D eigenvalue weighted by molar-refractivity contribution is 0.0972. The number of ether oxygens (including phenoxy) is 4. The fourth-order valence-corrected chi connectivity index (χ4v) is 3.00. The van der Waals surface area contributed by atoms with Crippen LogP contribution in [0.15, 0.2) is 24.3 Å². The molecule has 124 valence electrons. The minimum Gasteiger partial charge on any atom is -0.492 e. The molecule has 0 bridgehead atoms. The van der Waals surface area contributed by atoms with Crippen molar-refractivity contribution in [2.45, 2.75) is 0 Å². The van der Waals surface area contributed by atoms with Crippen LogP contribution in [0.25, 0.3) is 0 Å². The summed E-state index contributed by atoms with van der Waals surface area (Å²) in [4.78, 5) is 26.0. The van der Waals surface area contributed by atoms with Gasteiger partial charge in [-0.15, -0.1) is 0 Å². The van der Waals surface area contributed by atoms with E-state index in [1.54, 1.807) is 24.3 Å². The van der Waals surface area contributed by atoms with Gasteiger partial charge in [0.2, 0.25) is 11.5 Å². The Balaban J connectivity index is 2.47. The first-order chi connectivity index (χ1) is 11.6. The van der Waals surface area contributed by atoms with E-state index in [2.05, 4.69) is 0 Å². The molecule has 0 radical (unpaired) electrons. The van der Waals surface area contributed by atoms with Gasteiger partial charge in [0, 0.05) is 11.1 Å². The van der Waals surface area contributed by atoms with Crippen LogP contribution in [-0.2, 0) is 0 Å². The lowest BCUT2D eigenvalue weighted by Crippen LogP contribution is -2.23. The van der Waals surface area contributed by atoms with Crippen LogP contribution in [0.2, 0.25) is 0 Å². The average Bonchev–Trinajstić information content (AvgIpc) is 2.63.